The molecule has 1 aromatic rings. The standard InChI is InChI=1S/C13H17ClN2O/c14-10-4-1-3-9(7-10)13(17)16-12-6-2-5-11(15)8-12/h1,3-4,7,11-12H,2,5-6,8,15H2,(H,16,17)/t11-,12-/m1/s1. The van der Waals surface area contributed by atoms with Gasteiger partial charge in [-0.05, 0) is 43.9 Å². The fourth-order valence-corrected chi connectivity index (χ4v) is 2.45. The van der Waals surface area contributed by atoms with Crippen molar-refractivity contribution in [3.63, 3.8) is 0 Å². The third kappa shape index (κ3) is 3.45. The lowest BCUT2D eigenvalue weighted by Crippen LogP contribution is -2.42. The highest BCUT2D eigenvalue weighted by atomic mass is 35.5. The van der Waals surface area contributed by atoms with Crippen LogP contribution in [0.2, 0.25) is 5.02 Å². The Labute approximate surface area is 106 Å². The average molecular weight is 253 g/mol. The minimum Gasteiger partial charge on any atom is -0.349 e. The van der Waals surface area contributed by atoms with Crippen LogP contribution in [-0.4, -0.2) is 18.0 Å². The average Bonchev–Trinajstić information content (AvgIpc) is 2.29. The second-order valence-corrected chi connectivity index (χ2v) is 5.04. The predicted molar refractivity (Wildman–Crippen MR) is 69.1 cm³/mol. The van der Waals surface area contributed by atoms with Crippen LogP contribution < -0.4 is 11.1 Å². The van der Waals surface area contributed by atoms with Crippen molar-refractivity contribution in [3.8, 4) is 0 Å². The first-order chi connectivity index (χ1) is 8.15. The summed E-state index contributed by atoms with van der Waals surface area (Å²) < 4.78 is 0. The molecule has 0 bridgehead atoms. The number of nitrogens with two attached hydrogens (primary N) is 1. The molecule has 0 heterocycles. The van der Waals surface area contributed by atoms with Crippen molar-refractivity contribution in [2.75, 3.05) is 0 Å². The number of carbonyl (C=O) groups is 1. The minimum absolute atomic E-state index is 0.0633. The zero-order valence-electron chi connectivity index (χ0n) is 9.66. The second kappa shape index (κ2) is 5.52. The molecular formula is C13H17ClN2O. The summed E-state index contributed by atoms with van der Waals surface area (Å²) in [6.07, 6.45) is 4.03. The van der Waals surface area contributed by atoms with E-state index in [0.29, 0.717) is 10.6 Å². The first-order valence-corrected chi connectivity index (χ1v) is 6.35. The molecule has 2 rings (SSSR count). The Balaban J connectivity index is 1.97. The van der Waals surface area contributed by atoms with Gasteiger partial charge in [-0.3, -0.25) is 4.79 Å². The first-order valence-electron chi connectivity index (χ1n) is 5.97. The number of hydrogen-bond acceptors (Lipinski definition) is 2. The second-order valence-electron chi connectivity index (χ2n) is 4.61. The van der Waals surface area contributed by atoms with E-state index < -0.39 is 0 Å². The molecule has 1 saturated carbocycles. The topological polar surface area (TPSA) is 55.1 Å². The van der Waals surface area contributed by atoms with Crippen LogP contribution in [0.15, 0.2) is 24.3 Å². The molecule has 0 aliphatic heterocycles. The molecule has 1 fully saturated rings. The molecule has 2 atom stereocenters. The largest absolute Gasteiger partial charge is 0.349 e. The van der Waals surface area contributed by atoms with Crippen molar-refractivity contribution >= 4 is 17.5 Å². The van der Waals surface area contributed by atoms with Crippen molar-refractivity contribution in [1.29, 1.82) is 0 Å². The van der Waals surface area contributed by atoms with Gasteiger partial charge in [-0.1, -0.05) is 17.7 Å². The minimum atomic E-state index is -0.0633. The molecule has 0 saturated heterocycles. The Bertz CT molecular complexity index is 408. The van der Waals surface area contributed by atoms with E-state index in [0.717, 1.165) is 25.7 Å². The van der Waals surface area contributed by atoms with Crippen LogP contribution >= 0.6 is 11.6 Å². The normalized spacial score (nSPS) is 24.4. The fraction of sp³-hybridized carbons (Fsp3) is 0.462. The highest BCUT2D eigenvalue weighted by Crippen LogP contribution is 2.18. The van der Waals surface area contributed by atoms with Gasteiger partial charge >= 0.3 is 0 Å². The van der Waals surface area contributed by atoms with Crippen molar-refractivity contribution in [2.24, 2.45) is 5.73 Å². The Morgan fingerprint density at radius 2 is 2.24 bits per heavy atom. The van der Waals surface area contributed by atoms with Gasteiger partial charge in [0.2, 0.25) is 0 Å². The van der Waals surface area contributed by atoms with Crippen molar-refractivity contribution in [2.45, 2.75) is 37.8 Å². The van der Waals surface area contributed by atoms with Gasteiger partial charge in [0.15, 0.2) is 0 Å². The van der Waals surface area contributed by atoms with E-state index in [-0.39, 0.29) is 18.0 Å². The molecule has 0 aromatic heterocycles. The van der Waals surface area contributed by atoms with Crippen LogP contribution in [0.1, 0.15) is 36.0 Å². The van der Waals surface area contributed by atoms with Gasteiger partial charge in [0, 0.05) is 22.7 Å². The highest BCUT2D eigenvalue weighted by Gasteiger charge is 2.21. The Morgan fingerprint density at radius 1 is 1.41 bits per heavy atom. The van der Waals surface area contributed by atoms with E-state index in [9.17, 15) is 4.79 Å². The zero-order valence-corrected chi connectivity index (χ0v) is 10.4. The van der Waals surface area contributed by atoms with E-state index in [4.69, 9.17) is 17.3 Å². The van der Waals surface area contributed by atoms with Crippen LogP contribution in [0.25, 0.3) is 0 Å². The Morgan fingerprint density at radius 3 is 2.94 bits per heavy atom. The summed E-state index contributed by atoms with van der Waals surface area (Å²) in [5, 5.41) is 3.60. The summed E-state index contributed by atoms with van der Waals surface area (Å²) in [4.78, 5) is 12.0. The molecule has 17 heavy (non-hydrogen) atoms. The van der Waals surface area contributed by atoms with Gasteiger partial charge in [-0.2, -0.15) is 0 Å². The number of hydrogen-bond donors (Lipinski definition) is 2. The molecule has 0 spiro atoms. The van der Waals surface area contributed by atoms with Gasteiger partial charge in [-0.25, -0.2) is 0 Å². The number of nitrogens with one attached hydrogen (secondary N) is 1. The molecule has 92 valence electrons. The summed E-state index contributed by atoms with van der Waals surface area (Å²) in [5.41, 5.74) is 6.50. The molecule has 1 aliphatic carbocycles. The lowest BCUT2D eigenvalue weighted by atomic mass is 9.91. The van der Waals surface area contributed by atoms with Crippen LogP contribution in [0, 0.1) is 0 Å². The summed E-state index contributed by atoms with van der Waals surface area (Å²) >= 11 is 5.85. The summed E-state index contributed by atoms with van der Waals surface area (Å²) in [7, 11) is 0. The lowest BCUT2D eigenvalue weighted by Gasteiger charge is -2.27. The molecule has 1 aliphatic rings. The van der Waals surface area contributed by atoms with Crippen LogP contribution in [0.4, 0.5) is 0 Å². The van der Waals surface area contributed by atoms with Crippen LogP contribution in [-0.2, 0) is 0 Å². The predicted octanol–water partition coefficient (Wildman–Crippen LogP) is 2.34. The van der Waals surface area contributed by atoms with Crippen molar-refractivity contribution in [1.82, 2.24) is 5.32 Å². The number of rotatable bonds is 2. The van der Waals surface area contributed by atoms with Crippen LogP contribution in [0.5, 0.6) is 0 Å². The van der Waals surface area contributed by atoms with E-state index in [2.05, 4.69) is 5.32 Å². The maximum Gasteiger partial charge on any atom is 0.251 e. The number of benzene rings is 1. The molecule has 1 amide bonds. The molecule has 1 aromatic carbocycles. The van der Waals surface area contributed by atoms with E-state index in [1.165, 1.54) is 0 Å². The maximum atomic E-state index is 12.0. The van der Waals surface area contributed by atoms with Gasteiger partial charge in [0.05, 0.1) is 0 Å². The van der Waals surface area contributed by atoms with E-state index >= 15 is 0 Å². The molecule has 0 unspecified atom stereocenters. The van der Waals surface area contributed by atoms with Crippen LogP contribution in [0.3, 0.4) is 0 Å². The number of amides is 1. The quantitative estimate of drug-likeness (QED) is 0.849. The first kappa shape index (κ1) is 12.4. The maximum absolute atomic E-state index is 12.0. The van der Waals surface area contributed by atoms with Gasteiger partial charge in [0.25, 0.3) is 5.91 Å². The summed E-state index contributed by atoms with van der Waals surface area (Å²) in [5.74, 6) is -0.0633. The van der Waals surface area contributed by atoms with Crippen molar-refractivity contribution < 1.29 is 4.79 Å². The third-order valence-electron chi connectivity index (χ3n) is 3.14. The SMILES string of the molecule is N[C@@H]1CCC[C@@H](NC(=O)c2cccc(Cl)c2)C1. The van der Waals surface area contributed by atoms with E-state index in [1.807, 2.05) is 0 Å². The number of carbonyl (C=O) groups excluding carboxylic acids is 1. The molecule has 3 nitrogen and oxygen atoms in total. The fourth-order valence-electron chi connectivity index (χ4n) is 2.26. The third-order valence-corrected chi connectivity index (χ3v) is 3.37. The zero-order chi connectivity index (χ0) is 12.3. The Hall–Kier alpha value is -1.06. The van der Waals surface area contributed by atoms with Crippen molar-refractivity contribution in [3.05, 3.63) is 34.9 Å². The summed E-state index contributed by atoms with van der Waals surface area (Å²) in [6, 6.07) is 7.40. The monoisotopic (exact) mass is 252 g/mol. The molecule has 4 heteroatoms. The summed E-state index contributed by atoms with van der Waals surface area (Å²) in [6.45, 7) is 0. The molecular weight excluding hydrogens is 236 g/mol. The van der Waals surface area contributed by atoms with Gasteiger partial charge in [-0.15, -0.1) is 0 Å². The highest BCUT2D eigenvalue weighted by molar-refractivity contribution is 6.30. The molecule has 0 radical (unpaired) electrons. The van der Waals surface area contributed by atoms with Gasteiger partial charge < -0.3 is 11.1 Å². The van der Waals surface area contributed by atoms with Gasteiger partial charge in [0.1, 0.15) is 0 Å². The lowest BCUT2D eigenvalue weighted by molar-refractivity contribution is 0.0925. The number of halogens is 1. The smallest absolute Gasteiger partial charge is 0.251 e. The molecule has 3 N–H and O–H groups in total. The van der Waals surface area contributed by atoms with E-state index in [1.54, 1.807) is 24.3 Å². The Kier molecular flexibility index (Phi) is 4.02.